The van der Waals surface area contributed by atoms with Crippen LogP contribution >= 0.6 is 0 Å². The highest BCUT2D eigenvalue weighted by Gasteiger charge is 2.23. The number of rotatable bonds is 7. The minimum absolute atomic E-state index is 0.0579. The second-order valence-corrected chi connectivity index (χ2v) is 6.26. The molecule has 0 radical (unpaired) electrons. The SMILES string of the molecule is CCOc1ccc(CN2CC[C@@H](NC(=O)Cc3cccnc3)C2)cn1. The van der Waals surface area contributed by atoms with Crippen LogP contribution in [0.4, 0.5) is 0 Å². The lowest BCUT2D eigenvalue weighted by Gasteiger charge is -2.17. The zero-order chi connectivity index (χ0) is 17.5. The molecular formula is C19H24N4O2. The molecule has 1 fully saturated rings. The molecule has 0 aromatic carbocycles. The van der Waals surface area contributed by atoms with Crippen LogP contribution in [0.5, 0.6) is 5.88 Å². The van der Waals surface area contributed by atoms with Crippen LogP contribution in [0.15, 0.2) is 42.9 Å². The van der Waals surface area contributed by atoms with Crippen LogP contribution in [0.25, 0.3) is 0 Å². The zero-order valence-corrected chi connectivity index (χ0v) is 14.5. The summed E-state index contributed by atoms with van der Waals surface area (Å²) in [5.74, 6) is 0.718. The first kappa shape index (κ1) is 17.4. The maximum absolute atomic E-state index is 12.2. The Bertz CT molecular complexity index is 676. The molecule has 1 atom stereocenters. The van der Waals surface area contributed by atoms with Crippen molar-refractivity contribution >= 4 is 5.91 Å². The summed E-state index contributed by atoms with van der Waals surface area (Å²) in [6.07, 6.45) is 6.67. The Kier molecular flexibility index (Phi) is 5.95. The Morgan fingerprint density at radius 3 is 2.96 bits per heavy atom. The van der Waals surface area contributed by atoms with E-state index in [2.05, 4.69) is 20.2 Å². The predicted octanol–water partition coefficient (Wildman–Crippen LogP) is 1.81. The molecule has 1 amide bonds. The van der Waals surface area contributed by atoms with E-state index in [0.717, 1.165) is 37.2 Å². The third kappa shape index (κ3) is 5.26. The van der Waals surface area contributed by atoms with Crippen molar-refractivity contribution in [3.05, 3.63) is 54.0 Å². The van der Waals surface area contributed by atoms with Gasteiger partial charge in [0.1, 0.15) is 0 Å². The molecule has 6 heteroatoms. The van der Waals surface area contributed by atoms with Gasteiger partial charge in [-0.2, -0.15) is 0 Å². The van der Waals surface area contributed by atoms with E-state index in [1.165, 1.54) is 0 Å². The van der Waals surface area contributed by atoms with Crippen LogP contribution < -0.4 is 10.1 Å². The second-order valence-electron chi connectivity index (χ2n) is 6.26. The summed E-state index contributed by atoms with van der Waals surface area (Å²) in [6, 6.07) is 7.94. The first-order chi connectivity index (χ1) is 12.2. The van der Waals surface area contributed by atoms with Gasteiger partial charge in [-0.1, -0.05) is 12.1 Å². The van der Waals surface area contributed by atoms with Crippen LogP contribution in [0.2, 0.25) is 0 Å². The van der Waals surface area contributed by atoms with E-state index in [1.807, 2.05) is 37.4 Å². The largest absolute Gasteiger partial charge is 0.478 e. The van der Waals surface area contributed by atoms with Crippen LogP contribution in [-0.4, -0.2) is 46.5 Å². The number of hydrogen-bond acceptors (Lipinski definition) is 5. The summed E-state index contributed by atoms with van der Waals surface area (Å²) in [6.45, 7) is 5.26. The lowest BCUT2D eigenvalue weighted by Crippen LogP contribution is -2.37. The summed E-state index contributed by atoms with van der Waals surface area (Å²) in [4.78, 5) is 22.8. The Morgan fingerprint density at radius 1 is 1.32 bits per heavy atom. The van der Waals surface area contributed by atoms with E-state index in [0.29, 0.717) is 18.9 Å². The highest BCUT2D eigenvalue weighted by molar-refractivity contribution is 5.78. The van der Waals surface area contributed by atoms with Crippen LogP contribution in [0.1, 0.15) is 24.5 Å². The number of ether oxygens (including phenoxy) is 1. The molecule has 2 aromatic heterocycles. The number of amides is 1. The normalized spacial score (nSPS) is 17.4. The van der Waals surface area contributed by atoms with E-state index in [1.54, 1.807) is 12.4 Å². The van der Waals surface area contributed by atoms with E-state index in [4.69, 9.17) is 4.74 Å². The average molecular weight is 340 g/mol. The van der Waals surface area contributed by atoms with Gasteiger partial charge in [-0.15, -0.1) is 0 Å². The van der Waals surface area contributed by atoms with Gasteiger partial charge in [0.25, 0.3) is 0 Å². The molecule has 3 rings (SSSR count). The number of carbonyl (C=O) groups excluding carboxylic acids is 1. The van der Waals surface area contributed by atoms with Crippen molar-refractivity contribution < 1.29 is 9.53 Å². The molecule has 2 aromatic rings. The van der Waals surface area contributed by atoms with Crippen LogP contribution in [-0.2, 0) is 17.8 Å². The first-order valence-electron chi connectivity index (χ1n) is 8.71. The Balaban J connectivity index is 1.44. The van der Waals surface area contributed by atoms with Gasteiger partial charge in [0.05, 0.1) is 13.0 Å². The van der Waals surface area contributed by atoms with Crippen molar-refractivity contribution in [3.63, 3.8) is 0 Å². The number of nitrogens with one attached hydrogen (secondary N) is 1. The highest BCUT2D eigenvalue weighted by atomic mass is 16.5. The van der Waals surface area contributed by atoms with E-state index in [-0.39, 0.29) is 11.9 Å². The van der Waals surface area contributed by atoms with Gasteiger partial charge in [-0.25, -0.2) is 4.98 Å². The predicted molar refractivity (Wildman–Crippen MR) is 95.2 cm³/mol. The summed E-state index contributed by atoms with van der Waals surface area (Å²) >= 11 is 0. The molecule has 25 heavy (non-hydrogen) atoms. The van der Waals surface area contributed by atoms with E-state index < -0.39 is 0 Å². The number of carbonyl (C=O) groups is 1. The molecule has 1 aliphatic heterocycles. The van der Waals surface area contributed by atoms with Gasteiger partial charge < -0.3 is 10.1 Å². The number of pyridine rings is 2. The van der Waals surface area contributed by atoms with Crippen molar-refractivity contribution in [2.24, 2.45) is 0 Å². The van der Waals surface area contributed by atoms with Crippen molar-refractivity contribution in [2.45, 2.75) is 32.4 Å². The first-order valence-corrected chi connectivity index (χ1v) is 8.71. The lowest BCUT2D eigenvalue weighted by molar-refractivity contribution is -0.121. The third-order valence-corrected chi connectivity index (χ3v) is 4.22. The van der Waals surface area contributed by atoms with E-state index in [9.17, 15) is 4.79 Å². The van der Waals surface area contributed by atoms with Crippen molar-refractivity contribution in [2.75, 3.05) is 19.7 Å². The summed E-state index contributed by atoms with van der Waals surface area (Å²) in [5.41, 5.74) is 2.10. The quantitative estimate of drug-likeness (QED) is 0.833. The Morgan fingerprint density at radius 2 is 2.24 bits per heavy atom. The van der Waals surface area contributed by atoms with Gasteiger partial charge in [0.2, 0.25) is 11.8 Å². The monoisotopic (exact) mass is 340 g/mol. The summed E-state index contributed by atoms with van der Waals surface area (Å²) < 4.78 is 5.36. The smallest absolute Gasteiger partial charge is 0.224 e. The molecule has 1 saturated heterocycles. The fourth-order valence-electron chi connectivity index (χ4n) is 3.06. The maximum atomic E-state index is 12.2. The molecule has 3 heterocycles. The number of nitrogens with zero attached hydrogens (tertiary/aromatic N) is 3. The highest BCUT2D eigenvalue weighted by Crippen LogP contribution is 2.15. The molecule has 0 unspecified atom stereocenters. The average Bonchev–Trinajstić information content (AvgIpc) is 3.04. The van der Waals surface area contributed by atoms with Crippen molar-refractivity contribution in [1.29, 1.82) is 0 Å². The molecule has 0 aliphatic carbocycles. The van der Waals surface area contributed by atoms with E-state index >= 15 is 0 Å². The van der Waals surface area contributed by atoms with Gasteiger partial charge in [0.15, 0.2) is 0 Å². The minimum atomic E-state index is 0.0579. The fourth-order valence-corrected chi connectivity index (χ4v) is 3.06. The standard InChI is InChI=1S/C19H24N4O2/c1-2-25-19-6-5-16(12-21-19)13-23-9-7-17(14-23)22-18(24)10-15-4-3-8-20-11-15/h3-6,8,11-12,17H,2,7,9-10,13-14H2,1H3,(H,22,24)/t17-/m1/s1. The Labute approximate surface area is 148 Å². The molecule has 1 N–H and O–H groups in total. The zero-order valence-electron chi connectivity index (χ0n) is 14.5. The third-order valence-electron chi connectivity index (χ3n) is 4.22. The molecule has 132 valence electrons. The van der Waals surface area contributed by atoms with Gasteiger partial charge >= 0.3 is 0 Å². The molecule has 6 nitrogen and oxygen atoms in total. The van der Waals surface area contributed by atoms with Crippen molar-refractivity contribution in [3.8, 4) is 5.88 Å². The second kappa shape index (κ2) is 8.58. The van der Waals surface area contributed by atoms with Gasteiger partial charge in [-0.05, 0) is 30.5 Å². The molecular weight excluding hydrogens is 316 g/mol. The number of aromatic nitrogens is 2. The summed E-state index contributed by atoms with van der Waals surface area (Å²) in [5, 5.41) is 3.12. The number of likely N-dealkylation sites (tertiary alicyclic amines) is 1. The lowest BCUT2D eigenvalue weighted by atomic mass is 10.2. The van der Waals surface area contributed by atoms with Crippen LogP contribution in [0.3, 0.4) is 0 Å². The maximum Gasteiger partial charge on any atom is 0.224 e. The Hall–Kier alpha value is -2.47. The van der Waals surface area contributed by atoms with Gasteiger partial charge in [-0.3, -0.25) is 14.7 Å². The molecule has 0 saturated carbocycles. The minimum Gasteiger partial charge on any atom is -0.478 e. The molecule has 1 aliphatic rings. The van der Waals surface area contributed by atoms with Crippen LogP contribution in [0, 0.1) is 0 Å². The van der Waals surface area contributed by atoms with Gasteiger partial charge in [0, 0.05) is 50.3 Å². The van der Waals surface area contributed by atoms with Crippen molar-refractivity contribution in [1.82, 2.24) is 20.2 Å². The fraction of sp³-hybridized carbons (Fsp3) is 0.421. The topological polar surface area (TPSA) is 67.3 Å². The number of hydrogen-bond donors (Lipinski definition) is 1. The summed E-state index contributed by atoms with van der Waals surface area (Å²) in [7, 11) is 0. The molecule has 0 bridgehead atoms. The molecule has 0 spiro atoms.